The number of nitrogens with one attached hydrogen (secondary N) is 2. The Morgan fingerprint density at radius 1 is 1.32 bits per heavy atom. The SMILES string of the molecule is C[C@]1(c2ccccc2)NC(=O)N(CC(=O)Nc2sccc2C#N)C1=O. The number of nitrogens with zero attached hydrogens (tertiary/aromatic N) is 2. The van der Waals surface area contributed by atoms with E-state index < -0.39 is 29.9 Å². The molecule has 25 heavy (non-hydrogen) atoms. The molecule has 0 unspecified atom stereocenters. The van der Waals surface area contributed by atoms with Gasteiger partial charge >= 0.3 is 6.03 Å². The van der Waals surface area contributed by atoms with Crippen LogP contribution in [0.25, 0.3) is 0 Å². The molecule has 2 aromatic rings. The van der Waals surface area contributed by atoms with Crippen molar-refractivity contribution < 1.29 is 14.4 Å². The lowest BCUT2D eigenvalue weighted by Crippen LogP contribution is -2.42. The van der Waals surface area contributed by atoms with E-state index in [1.54, 1.807) is 42.6 Å². The van der Waals surface area contributed by atoms with Gasteiger partial charge in [-0.05, 0) is 23.9 Å². The summed E-state index contributed by atoms with van der Waals surface area (Å²) in [7, 11) is 0. The molecule has 0 saturated carbocycles. The van der Waals surface area contributed by atoms with Gasteiger partial charge in [0.1, 0.15) is 23.2 Å². The first-order chi connectivity index (χ1) is 12.0. The Balaban J connectivity index is 1.75. The molecule has 1 aromatic heterocycles. The van der Waals surface area contributed by atoms with Crippen molar-refractivity contribution in [3.8, 4) is 6.07 Å². The molecule has 1 aliphatic heterocycles. The van der Waals surface area contributed by atoms with Crippen LogP contribution in [0.5, 0.6) is 0 Å². The Labute approximate surface area is 147 Å². The number of hydrogen-bond acceptors (Lipinski definition) is 5. The van der Waals surface area contributed by atoms with Crippen LogP contribution < -0.4 is 10.6 Å². The average molecular weight is 354 g/mol. The molecule has 1 saturated heterocycles. The maximum atomic E-state index is 12.7. The highest BCUT2D eigenvalue weighted by atomic mass is 32.1. The molecule has 1 fully saturated rings. The zero-order chi connectivity index (χ0) is 18.0. The molecule has 3 rings (SSSR count). The van der Waals surface area contributed by atoms with E-state index >= 15 is 0 Å². The molecule has 0 spiro atoms. The summed E-state index contributed by atoms with van der Waals surface area (Å²) in [4.78, 5) is 38.0. The summed E-state index contributed by atoms with van der Waals surface area (Å²) in [6.07, 6.45) is 0. The normalized spacial score (nSPS) is 19.4. The first-order valence-electron chi connectivity index (χ1n) is 7.43. The van der Waals surface area contributed by atoms with Crippen LogP contribution in [0, 0.1) is 11.3 Å². The Bertz CT molecular complexity index is 887. The second-order valence-corrected chi connectivity index (χ2v) is 6.55. The lowest BCUT2D eigenvalue weighted by molar-refractivity contribution is -0.133. The lowest BCUT2D eigenvalue weighted by Gasteiger charge is -2.22. The highest BCUT2D eigenvalue weighted by Crippen LogP contribution is 2.28. The van der Waals surface area contributed by atoms with Crippen LogP contribution in [-0.4, -0.2) is 29.3 Å². The van der Waals surface area contributed by atoms with Gasteiger partial charge < -0.3 is 10.6 Å². The largest absolute Gasteiger partial charge is 0.325 e. The van der Waals surface area contributed by atoms with Gasteiger partial charge in [0, 0.05) is 0 Å². The number of carbonyl (C=O) groups excluding carboxylic acids is 3. The van der Waals surface area contributed by atoms with Gasteiger partial charge in [-0.15, -0.1) is 11.3 Å². The third-order valence-electron chi connectivity index (χ3n) is 3.97. The summed E-state index contributed by atoms with van der Waals surface area (Å²) in [5.74, 6) is -1.04. The highest BCUT2D eigenvalue weighted by Gasteiger charge is 2.49. The van der Waals surface area contributed by atoms with Crippen molar-refractivity contribution in [1.29, 1.82) is 5.26 Å². The first kappa shape index (κ1) is 16.7. The van der Waals surface area contributed by atoms with Crippen LogP contribution in [-0.2, 0) is 15.1 Å². The highest BCUT2D eigenvalue weighted by molar-refractivity contribution is 7.14. The fourth-order valence-corrected chi connectivity index (χ4v) is 3.37. The van der Waals surface area contributed by atoms with Crippen molar-refractivity contribution in [3.63, 3.8) is 0 Å². The summed E-state index contributed by atoms with van der Waals surface area (Å²) in [5.41, 5.74) is -0.231. The number of nitriles is 1. The van der Waals surface area contributed by atoms with Gasteiger partial charge in [-0.3, -0.25) is 14.5 Å². The maximum Gasteiger partial charge on any atom is 0.325 e. The fraction of sp³-hybridized carbons (Fsp3) is 0.176. The zero-order valence-corrected chi connectivity index (χ0v) is 14.1. The maximum absolute atomic E-state index is 12.7. The molecule has 2 heterocycles. The number of anilines is 1. The van der Waals surface area contributed by atoms with Gasteiger partial charge in [-0.1, -0.05) is 30.3 Å². The van der Waals surface area contributed by atoms with Crippen LogP contribution >= 0.6 is 11.3 Å². The molecular weight excluding hydrogens is 340 g/mol. The Hall–Kier alpha value is -3.18. The van der Waals surface area contributed by atoms with Crippen molar-refractivity contribution in [1.82, 2.24) is 10.2 Å². The third-order valence-corrected chi connectivity index (χ3v) is 4.80. The Morgan fingerprint density at radius 3 is 2.72 bits per heavy atom. The monoisotopic (exact) mass is 354 g/mol. The van der Waals surface area contributed by atoms with E-state index in [4.69, 9.17) is 5.26 Å². The molecule has 0 radical (unpaired) electrons. The number of hydrogen-bond donors (Lipinski definition) is 2. The number of urea groups is 1. The second-order valence-electron chi connectivity index (χ2n) is 5.64. The molecule has 1 atom stereocenters. The molecule has 7 nitrogen and oxygen atoms in total. The van der Waals surface area contributed by atoms with Crippen LogP contribution in [0.3, 0.4) is 0 Å². The predicted octanol–water partition coefficient (Wildman–Crippen LogP) is 2.03. The van der Waals surface area contributed by atoms with Crippen LogP contribution in [0.4, 0.5) is 9.80 Å². The van der Waals surface area contributed by atoms with E-state index in [9.17, 15) is 14.4 Å². The third kappa shape index (κ3) is 2.97. The van der Waals surface area contributed by atoms with E-state index in [1.165, 1.54) is 11.3 Å². The van der Waals surface area contributed by atoms with Gasteiger partial charge in [0.15, 0.2) is 0 Å². The minimum Gasteiger partial charge on any atom is -0.319 e. The van der Waals surface area contributed by atoms with Crippen LogP contribution in [0.1, 0.15) is 18.1 Å². The number of thiophene rings is 1. The van der Waals surface area contributed by atoms with Crippen molar-refractivity contribution >= 4 is 34.2 Å². The van der Waals surface area contributed by atoms with Crippen LogP contribution in [0.15, 0.2) is 41.8 Å². The standard InChI is InChI=1S/C17H14N4O3S/c1-17(12-5-3-2-4-6-12)15(23)21(16(24)20-17)10-13(22)19-14-11(9-18)7-8-25-14/h2-8H,10H2,1H3,(H,19,22)(H,20,24)/t17-/m1/s1. The molecule has 1 aliphatic rings. The van der Waals surface area contributed by atoms with Crippen molar-refractivity contribution in [2.24, 2.45) is 0 Å². The number of benzene rings is 1. The number of amides is 4. The minimum atomic E-state index is -1.21. The molecule has 0 bridgehead atoms. The molecule has 1 aromatic carbocycles. The van der Waals surface area contributed by atoms with Crippen molar-refractivity contribution in [2.75, 3.05) is 11.9 Å². The van der Waals surface area contributed by atoms with Gasteiger partial charge in [0.2, 0.25) is 5.91 Å². The summed E-state index contributed by atoms with van der Waals surface area (Å²) in [6, 6.07) is 11.8. The summed E-state index contributed by atoms with van der Waals surface area (Å²) < 4.78 is 0. The molecule has 0 aliphatic carbocycles. The summed E-state index contributed by atoms with van der Waals surface area (Å²) in [5, 5.41) is 16.2. The van der Waals surface area contributed by atoms with Crippen LogP contribution in [0.2, 0.25) is 0 Å². The van der Waals surface area contributed by atoms with Gasteiger partial charge in [0.25, 0.3) is 5.91 Å². The summed E-state index contributed by atoms with van der Waals surface area (Å²) >= 11 is 1.20. The lowest BCUT2D eigenvalue weighted by atomic mass is 9.92. The predicted molar refractivity (Wildman–Crippen MR) is 91.7 cm³/mol. The Morgan fingerprint density at radius 2 is 2.04 bits per heavy atom. The average Bonchev–Trinajstić information content (AvgIpc) is 3.14. The minimum absolute atomic E-state index is 0.338. The van der Waals surface area contributed by atoms with Gasteiger partial charge in [-0.25, -0.2) is 4.79 Å². The number of imide groups is 1. The molecular formula is C17H14N4O3S. The molecule has 126 valence electrons. The van der Waals surface area contributed by atoms with Crippen molar-refractivity contribution in [2.45, 2.75) is 12.5 Å². The topological polar surface area (TPSA) is 102 Å². The van der Waals surface area contributed by atoms with E-state index in [0.717, 1.165) is 4.90 Å². The summed E-state index contributed by atoms with van der Waals surface area (Å²) in [6.45, 7) is 1.18. The fourth-order valence-electron chi connectivity index (χ4n) is 2.61. The van der Waals surface area contributed by atoms with E-state index in [0.29, 0.717) is 16.1 Å². The molecule has 4 amide bonds. The first-order valence-corrected chi connectivity index (χ1v) is 8.31. The Kier molecular flexibility index (Phi) is 4.25. The van der Waals surface area contributed by atoms with Crippen molar-refractivity contribution in [3.05, 3.63) is 52.9 Å². The van der Waals surface area contributed by atoms with E-state index in [-0.39, 0.29) is 0 Å². The van der Waals surface area contributed by atoms with Gasteiger partial charge in [-0.2, -0.15) is 5.26 Å². The molecule has 2 N–H and O–H groups in total. The van der Waals surface area contributed by atoms with E-state index in [1.807, 2.05) is 12.1 Å². The quantitative estimate of drug-likeness (QED) is 0.820. The number of carbonyl (C=O) groups is 3. The van der Waals surface area contributed by atoms with E-state index in [2.05, 4.69) is 10.6 Å². The number of rotatable bonds is 4. The smallest absolute Gasteiger partial charge is 0.319 e. The zero-order valence-electron chi connectivity index (χ0n) is 13.3. The second kappa shape index (κ2) is 6.37. The molecule has 8 heteroatoms. The van der Waals surface area contributed by atoms with Gasteiger partial charge in [0.05, 0.1) is 5.56 Å².